The van der Waals surface area contributed by atoms with Gasteiger partial charge in [-0.2, -0.15) is 0 Å². The molecule has 3 rings (SSSR count). The zero-order valence-corrected chi connectivity index (χ0v) is 12.3. The molecule has 104 valence electrons. The highest BCUT2D eigenvalue weighted by Crippen LogP contribution is 2.43. The Morgan fingerprint density at radius 1 is 1.16 bits per heavy atom. The summed E-state index contributed by atoms with van der Waals surface area (Å²) in [5, 5.41) is 0.638. The van der Waals surface area contributed by atoms with Crippen molar-refractivity contribution < 1.29 is 4.74 Å². The maximum atomic E-state index is 6.18. The number of rotatable bonds is 4. The molecule has 1 aromatic carbocycles. The molecule has 1 heterocycles. The van der Waals surface area contributed by atoms with Gasteiger partial charge in [-0.15, -0.1) is 11.8 Å². The van der Waals surface area contributed by atoms with E-state index >= 15 is 0 Å². The van der Waals surface area contributed by atoms with Crippen LogP contribution in [0.1, 0.15) is 37.7 Å². The number of hydrogen-bond donors (Lipinski definition) is 1. The minimum atomic E-state index is 0.229. The van der Waals surface area contributed by atoms with Crippen LogP contribution in [0.2, 0.25) is 0 Å². The van der Waals surface area contributed by atoms with Crippen LogP contribution in [-0.4, -0.2) is 25.0 Å². The van der Waals surface area contributed by atoms with Crippen molar-refractivity contribution in [3.8, 4) is 0 Å². The fraction of sp³-hybridized carbons (Fsp3) is 0.625. The van der Waals surface area contributed by atoms with E-state index in [4.69, 9.17) is 10.5 Å². The van der Waals surface area contributed by atoms with E-state index in [1.165, 1.54) is 42.6 Å². The van der Waals surface area contributed by atoms with Gasteiger partial charge in [-0.25, -0.2) is 0 Å². The Bertz CT molecular complexity index is 425. The predicted octanol–water partition coefficient (Wildman–Crippen LogP) is 3.34. The Morgan fingerprint density at radius 3 is 2.53 bits per heavy atom. The van der Waals surface area contributed by atoms with Gasteiger partial charge in [0.2, 0.25) is 0 Å². The van der Waals surface area contributed by atoms with Gasteiger partial charge in [0.1, 0.15) is 0 Å². The van der Waals surface area contributed by atoms with Crippen LogP contribution in [0, 0.1) is 0 Å². The van der Waals surface area contributed by atoms with Crippen LogP contribution >= 0.6 is 11.8 Å². The van der Waals surface area contributed by atoms with Gasteiger partial charge in [-0.1, -0.05) is 37.5 Å². The van der Waals surface area contributed by atoms with E-state index in [1.54, 1.807) is 0 Å². The normalized spacial score (nSPS) is 23.0. The van der Waals surface area contributed by atoms with Crippen LogP contribution in [0.4, 0.5) is 0 Å². The average molecular weight is 277 g/mol. The first-order chi connectivity index (χ1) is 9.34. The molecule has 0 aromatic heterocycles. The van der Waals surface area contributed by atoms with Crippen LogP contribution in [0.15, 0.2) is 29.2 Å². The van der Waals surface area contributed by atoms with Crippen molar-refractivity contribution in [2.24, 2.45) is 5.73 Å². The van der Waals surface area contributed by atoms with Gasteiger partial charge >= 0.3 is 0 Å². The third-order valence-corrected chi connectivity index (χ3v) is 5.78. The molecule has 2 aliphatic rings. The summed E-state index contributed by atoms with van der Waals surface area (Å²) in [6.07, 6.45) is 6.52. The Labute approximate surface area is 120 Å². The molecule has 1 saturated carbocycles. The van der Waals surface area contributed by atoms with E-state index in [1.807, 2.05) is 11.8 Å². The molecule has 2 nitrogen and oxygen atoms in total. The molecular weight excluding hydrogens is 254 g/mol. The Balaban J connectivity index is 1.88. The molecule has 2 fully saturated rings. The molecule has 0 atom stereocenters. The van der Waals surface area contributed by atoms with Crippen molar-refractivity contribution in [1.82, 2.24) is 0 Å². The first-order valence-corrected chi connectivity index (χ1v) is 8.26. The van der Waals surface area contributed by atoms with Gasteiger partial charge in [0.15, 0.2) is 0 Å². The lowest BCUT2D eigenvalue weighted by Gasteiger charge is -2.38. The SMILES string of the molecule is NCC1(c2ccccc2SC2COC2)CCCCC1. The summed E-state index contributed by atoms with van der Waals surface area (Å²) >= 11 is 1.98. The van der Waals surface area contributed by atoms with Crippen molar-refractivity contribution >= 4 is 11.8 Å². The van der Waals surface area contributed by atoms with Crippen molar-refractivity contribution in [3.05, 3.63) is 29.8 Å². The van der Waals surface area contributed by atoms with Gasteiger partial charge in [0.05, 0.1) is 18.5 Å². The lowest BCUT2D eigenvalue weighted by Crippen LogP contribution is -2.38. The number of benzene rings is 1. The van der Waals surface area contributed by atoms with Crippen LogP contribution < -0.4 is 5.73 Å². The molecule has 0 bridgehead atoms. The van der Waals surface area contributed by atoms with Crippen molar-refractivity contribution in [3.63, 3.8) is 0 Å². The Kier molecular flexibility index (Phi) is 4.15. The zero-order chi connectivity index (χ0) is 13.1. The molecule has 1 saturated heterocycles. The smallest absolute Gasteiger partial charge is 0.0611 e. The largest absolute Gasteiger partial charge is 0.379 e. The van der Waals surface area contributed by atoms with E-state index < -0.39 is 0 Å². The van der Waals surface area contributed by atoms with Crippen LogP contribution in [0.25, 0.3) is 0 Å². The standard InChI is InChI=1S/C16H23NOS/c17-12-16(8-4-1-5-9-16)14-6-2-3-7-15(14)19-13-10-18-11-13/h2-3,6-7,13H,1,4-5,8-12,17H2. The summed E-state index contributed by atoms with van der Waals surface area (Å²) in [6.45, 7) is 2.58. The first kappa shape index (κ1) is 13.5. The Hall–Kier alpha value is -0.510. The summed E-state index contributed by atoms with van der Waals surface area (Å²) < 4.78 is 5.30. The van der Waals surface area contributed by atoms with Gasteiger partial charge < -0.3 is 10.5 Å². The van der Waals surface area contributed by atoms with Crippen LogP contribution in [-0.2, 0) is 10.2 Å². The quantitative estimate of drug-likeness (QED) is 0.917. The van der Waals surface area contributed by atoms with E-state index in [2.05, 4.69) is 24.3 Å². The van der Waals surface area contributed by atoms with E-state index in [9.17, 15) is 0 Å². The predicted molar refractivity (Wildman–Crippen MR) is 80.7 cm³/mol. The molecular formula is C16H23NOS. The van der Waals surface area contributed by atoms with Gasteiger partial charge in [-0.05, 0) is 24.5 Å². The van der Waals surface area contributed by atoms with E-state index in [0.717, 1.165) is 19.8 Å². The van der Waals surface area contributed by atoms with E-state index in [0.29, 0.717) is 5.25 Å². The molecule has 1 aliphatic carbocycles. The molecule has 0 amide bonds. The second kappa shape index (κ2) is 5.86. The third-order valence-electron chi connectivity index (χ3n) is 4.56. The zero-order valence-electron chi connectivity index (χ0n) is 11.4. The summed E-state index contributed by atoms with van der Waals surface area (Å²) in [5.74, 6) is 0. The van der Waals surface area contributed by atoms with Crippen molar-refractivity contribution in [2.75, 3.05) is 19.8 Å². The highest BCUT2D eigenvalue weighted by atomic mass is 32.2. The fourth-order valence-corrected chi connectivity index (χ4v) is 4.54. The highest BCUT2D eigenvalue weighted by Gasteiger charge is 2.35. The number of ether oxygens (including phenoxy) is 1. The van der Waals surface area contributed by atoms with Gasteiger partial charge in [0, 0.05) is 16.9 Å². The summed E-state index contributed by atoms with van der Waals surface area (Å²) in [4.78, 5) is 1.43. The number of thioether (sulfide) groups is 1. The second-order valence-corrected chi connectivity index (χ2v) is 7.16. The Morgan fingerprint density at radius 2 is 1.89 bits per heavy atom. The minimum Gasteiger partial charge on any atom is -0.379 e. The fourth-order valence-electron chi connectivity index (χ4n) is 3.28. The highest BCUT2D eigenvalue weighted by molar-refractivity contribution is 8.00. The minimum absolute atomic E-state index is 0.229. The van der Waals surface area contributed by atoms with E-state index in [-0.39, 0.29) is 5.41 Å². The molecule has 19 heavy (non-hydrogen) atoms. The summed E-state index contributed by atoms with van der Waals surface area (Å²) in [7, 11) is 0. The van der Waals surface area contributed by atoms with Gasteiger partial charge in [-0.3, -0.25) is 0 Å². The first-order valence-electron chi connectivity index (χ1n) is 7.38. The molecule has 1 aromatic rings. The maximum absolute atomic E-state index is 6.18. The third kappa shape index (κ3) is 2.69. The lowest BCUT2D eigenvalue weighted by atomic mass is 9.69. The van der Waals surface area contributed by atoms with Crippen LogP contribution in [0.3, 0.4) is 0 Å². The second-order valence-electron chi connectivity index (χ2n) is 5.82. The lowest BCUT2D eigenvalue weighted by molar-refractivity contribution is 0.0455. The van der Waals surface area contributed by atoms with Crippen molar-refractivity contribution in [1.29, 1.82) is 0 Å². The molecule has 0 radical (unpaired) electrons. The average Bonchev–Trinajstić information content (AvgIpc) is 2.44. The maximum Gasteiger partial charge on any atom is 0.0611 e. The summed E-state index contributed by atoms with van der Waals surface area (Å²) in [5.41, 5.74) is 7.91. The van der Waals surface area contributed by atoms with Crippen LogP contribution in [0.5, 0.6) is 0 Å². The monoisotopic (exact) mass is 277 g/mol. The van der Waals surface area contributed by atoms with Crippen molar-refractivity contribution in [2.45, 2.75) is 47.7 Å². The van der Waals surface area contributed by atoms with Gasteiger partial charge in [0.25, 0.3) is 0 Å². The molecule has 0 unspecified atom stereocenters. The number of hydrogen-bond acceptors (Lipinski definition) is 3. The molecule has 3 heteroatoms. The summed E-state index contributed by atoms with van der Waals surface area (Å²) in [6, 6.07) is 8.89. The molecule has 0 spiro atoms. The molecule has 1 aliphatic heterocycles. The molecule has 2 N–H and O–H groups in total. The topological polar surface area (TPSA) is 35.2 Å². The number of nitrogens with two attached hydrogens (primary N) is 1.